The monoisotopic (exact) mass is 400 g/mol. The van der Waals surface area contributed by atoms with Gasteiger partial charge in [-0.05, 0) is 12.8 Å². The van der Waals surface area contributed by atoms with Crippen molar-refractivity contribution in [1.82, 2.24) is 0 Å². The Bertz CT molecular complexity index is 278. The second kappa shape index (κ2) is 11.7. The summed E-state index contributed by atoms with van der Waals surface area (Å²) < 4.78 is 15.2. The molecule has 2 unspecified atom stereocenters. The molecule has 4 nitrogen and oxygen atoms in total. The molecule has 0 aliphatic carbocycles. The van der Waals surface area contributed by atoms with Crippen LogP contribution in [0.4, 0.5) is 0 Å². The summed E-state index contributed by atoms with van der Waals surface area (Å²) in [6.07, 6.45) is 3.48. The van der Waals surface area contributed by atoms with Gasteiger partial charge in [0, 0.05) is 0 Å². The molecular weight excluding hydrogens is 384 g/mol. The number of hydrogen-bond acceptors (Lipinski definition) is 7. The minimum Gasteiger partial charge on any atom is -0.780 e. The molecule has 0 rings (SSSR count). The summed E-state index contributed by atoms with van der Waals surface area (Å²) in [6.45, 7) is 1.11. The van der Waals surface area contributed by atoms with Crippen LogP contribution in [-0.2, 0) is 68.7 Å². The first-order chi connectivity index (χ1) is 7.83. The van der Waals surface area contributed by atoms with Gasteiger partial charge in [0.05, 0.1) is 18.9 Å². The van der Waals surface area contributed by atoms with Crippen LogP contribution in [0, 0.1) is 0 Å². The fourth-order valence-electron chi connectivity index (χ4n) is 0.811. The third-order valence-corrected chi connectivity index (χ3v) is 7.04. The minimum absolute atomic E-state index is 0. The van der Waals surface area contributed by atoms with Crippen LogP contribution in [0.1, 0.15) is 39.5 Å². The molecule has 0 spiro atoms. The summed E-state index contributed by atoms with van der Waals surface area (Å²) in [5, 5.41) is 0. The van der Waals surface area contributed by atoms with Crippen molar-refractivity contribution >= 4 is 48.3 Å². The molecule has 0 aliphatic heterocycles. The van der Waals surface area contributed by atoms with Crippen molar-refractivity contribution in [2.75, 3.05) is 13.2 Å². The van der Waals surface area contributed by atoms with Crippen molar-refractivity contribution in [3.63, 3.8) is 0 Å². The Balaban J connectivity index is 0. The van der Waals surface area contributed by atoms with Crippen molar-refractivity contribution in [3.05, 3.63) is 0 Å². The van der Waals surface area contributed by atoms with Crippen LogP contribution in [0.2, 0.25) is 0 Å². The normalized spacial score (nSPS) is 17.6. The van der Waals surface area contributed by atoms with Crippen LogP contribution in [-0.4, -0.2) is 13.2 Å². The smallest absolute Gasteiger partial charge is 0.780 e. The molecule has 0 amide bonds. The molecule has 18 heavy (non-hydrogen) atoms. The second-order valence-electron chi connectivity index (χ2n) is 3.35. The summed E-state index contributed by atoms with van der Waals surface area (Å²) in [6, 6.07) is 0. The molecule has 0 heterocycles. The quantitative estimate of drug-likeness (QED) is 0.241. The van der Waals surface area contributed by atoms with Gasteiger partial charge in [-0.25, -0.2) is 0 Å². The van der Waals surface area contributed by atoms with E-state index in [1.54, 1.807) is 0 Å². The third-order valence-electron chi connectivity index (χ3n) is 1.69. The van der Waals surface area contributed by atoms with Gasteiger partial charge in [0.2, 0.25) is 0 Å². The van der Waals surface area contributed by atoms with E-state index in [4.69, 9.17) is 49.2 Å². The second-order valence-corrected chi connectivity index (χ2v) is 11.2. The molecule has 0 aromatic carbocycles. The Kier molecular flexibility index (Phi) is 14.6. The molecule has 2 atom stereocenters. The molecule has 10 heteroatoms. The fourth-order valence-corrected chi connectivity index (χ4v) is 6.73. The minimum atomic E-state index is -3.59. The van der Waals surface area contributed by atoms with E-state index in [0.717, 1.165) is 25.7 Å². The summed E-state index contributed by atoms with van der Waals surface area (Å²) in [5.74, 6) is 0. The summed E-state index contributed by atoms with van der Waals surface area (Å²) >= 11 is 14.6. The Hall–Kier alpha value is 2.11. The maximum atomic E-state index is 11.7. The van der Waals surface area contributed by atoms with Crippen molar-refractivity contribution in [2.24, 2.45) is 0 Å². The molecule has 0 saturated carbocycles. The molecular formula is C8H18O4P2S3Zn. The van der Waals surface area contributed by atoms with E-state index < -0.39 is 12.4 Å². The van der Waals surface area contributed by atoms with Gasteiger partial charge in [0.25, 0.3) is 0 Å². The zero-order chi connectivity index (χ0) is 13.4. The molecule has 0 N–H and O–H groups in total. The zero-order valence-corrected chi connectivity index (χ0v) is 17.9. The van der Waals surface area contributed by atoms with Crippen LogP contribution in [0.3, 0.4) is 0 Å². The number of hydrogen-bond donors (Lipinski definition) is 0. The fraction of sp³-hybridized carbons (Fsp3) is 1.00. The van der Waals surface area contributed by atoms with E-state index in [2.05, 4.69) is 0 Å². The van der Waals surface area contributed by atoms with E-state index in [-0.39, 0.29) is 26.1 Å². The first-order valence-electron chi connectivity index (χ1n) is 5.45. The van der Waals surface area contributed by atoms with E-state index in [0.29, 0.717) is 6.61 Å². The van der Waals surface area contributed by atoms with Crippen LogP contribution in [0.5, 0.6) is 0 Å². The number of rotatable bonds is 10. The van der Waals surface area contributed by atoms with E-state index in [1.807, 2.05) is 13.8 Å². The molecule has 0 radical (unpaired) electrons. The predicted molar refractivity (Wildman–Crippen MR) is 78.7 cm³/mol. The van der Waals surface area contributed by atoms with Crippen molar-refractivity contribution in [2.45, 2.75) is 39.5 Å². The van der Waals surface area contributed by atoms with Crippen LogP contribution in [0.25, 0.3) is 0 Å². The molecule has 0 aliphatic rings. The summed E-state index contributed by atoms with van der Waals surface area (Å²) in [4.78, 5) is 11.7. The number of unbranched alkanes of at least 4 members (excludes halogenated alkanes) is 2. The van der Waals surface area contributed by atoms with E-state index >= 15 is 0 Å². The Morgan fingerprint density at radius 2 is 1.50 bits per heavy atom. The van der Waals surface area contributed by atoms with Gasteiger partial charge in [-0.15, -0.1) is 0 Å². The van der Waals surface area contributed by atoms with Crippen LogP contribution < -0.4 is 4.89 Å². The average Bonchev–Trinajstić information content (AvgIpc) is 2.16. The first kappa shape index (κ1) is 22.4. The largest absolute Gasteiger partial charge is 2.00 e. The Morgan fingerprint density at radius 1 is 1.06 bits per heavy atom. The SMILES string of the molecule is CCCCOP([O-])(=S)OP(=S)([S-])OCCCC.[Zn+2]. The summed E-state index contributed by atoms with van der Waals surface area (Å²) in [7, 11) is 0. The maximum Gasteiger partial charge on any atom is 2.00 e. The van der Waals surface area contributed by atoms with Crippen LogP contribution >= 0.6 is 12.4 Å². The van der Waals surface area contributed by atoms with Crippen molar-refractivity contribution in [1.29, 1.82) is 0 Å². The third kappa shape index (κ3) is 13.1. The van der Waals surface area contributed by atoms with Gasteiger partial charge < -0.3 is 30.5 Å². The molecule has 0 aromatic rings. The zero-order valence-electron chi connectivity index (χ0n) is 10.7. The van der Waals surface area contributed by atoms with E-state index in [1.165, 1.54) is 0 Å². The molecule has 0 bridgehead atoms. The van der Waals surface area contributed by atoms with Gasteiger partial charge in [-0.2, -0.15) is 0 Å². The average molecular weight is 402 g/mol. The van der Waals surface area contributed by atoms with Crippen LogP contribution in [0.15, 0.2) is 0 Å². The van der Waals surface area contributed by atoms with Gasteiger partial charge in [0.1, 0.15) is 6.72 Å². The molecule has 104 valence electrons. The van der Waals surface area contributed by atoms with Gasteiger partial charge >= 0.3 is 19.5 Å². The molecule has 0 aromatic heterocycles. The van der Waals surface area contributed by atoms with Crippen molar-refractivity contribution < 1.29 is 37.7 Å². The predicted octanol–water partition coefficient (Wildman–Crippen LogP) is 2.99. The molecule has 0 saturated heterocycles. The maximum absolute atomic E-state index is 11.7. The first-order valence-corrected chi connectivity index (χ1v) is 11.7. The van der Waals surface area contributed by atoms with Gasteiger partial charge in [0.15, 0.2) is 0 Å². The van der Waals surface area contributed by atoms with Crippen molar-refractivity contribution in [3.8, 4) is 0 Å². The van der Waals surface area contributed by atoms with Gasteiger partial charge in [-0.3, -0.25) is 0 Å². The van der Waals surface area contributed by atoms with Gasteiger partial charge in [-0.1, -0.05) is 50.3 Å². The Labute approximate surface area is 138 Å². The molecule has 0 fully saturated rings. The topological polar surface area (TPSA) is 50.8 Å². The van der Waals surface area contributed by atoms with E-state index in [9.17, 15) is 4.89 Å². The Morgan fingerprint density at radius 3 is 1.94 bits per heavy atom. The standard InChI is InChI=1S/C8H20O4P2S3.Zn/c1-3-5-7-10-13(9,15)12-14(16,17)11-8-6-4-2;/h3-8H2,1-2H3,(H,9,15)(H,16,17);/q;+2/p-2. The summed E-state index contributed by atoms with van der Waals surface area (Å²) in [5.41, 5.74) is -2.97.